The Labute approximate surface area is 245 Å². The molecule has 4 unspecified atom stereocenters. The van der Waals surface area contributed by atoms with Crippen LogP contribution in [0.3, 0.4) is 0 Å². The number of non-ortho nitro benzene ring substituents is 2. The fourth-order valence-corrected chi connectivity index (χ4v) is 7.47. The highest BCUT2D eigenvalue weighted by Crippen LogP contribution is 2.53. The van der Waals surface area contributed by atoms with E-state index >= 15 is 0 Å². The summed E-state index contributed by atoms with van der Waals surface area (Å²) in [6.07, 6.45) is 10.0. The number of hydrogen-bond donors (Lipinski definition) is 0. The first-order chi connectivity index (χ1) is 17.3. The van der Waals surface area contributed by atoms with Crippen LogP contribution in [-0.2, 0) is 9.75 Å². The van der Waals surface area contributed by atoms with E-state index in [0.717, 1.165) is 0 Å². The zero-order chi connectivity index (χ0) is 27.1. The summed E-state index contributed by atoms with van der Waals surface area (Å²) < 4.78 is 0. The topological polar surface area (TPSA) is 86.3 Å². The van der Waals surface area contributed by atoms with Gasteiger partial charge in [-0.15, -0.1) is 35.0 Å². The molecule has 0 fully saturated rings. The second-order valence-electron chi connectivity index (χ2n) is 8.20. The lowest BCUT2D eigenvalue weighted by atomic mass is 9.90. The molecule has 2 aliphatic carbocycles. The minimum atomic E-state index is -1.34. The average molecular weight is 639 g/mol. The first-order valence-electron chi connectivity index (χ1n) is 10.4. The Kier molecular flexibility index (Phi) is 8.27. The maximum absolute atomic E-state index is 11.5. The molecule has 6 nitrogen and oxygen atoms in total. The van der Waals surface area contributed by atoms with Crippen molar-refractivity contribution >= 4 is 92.7 Å². The Morgan fingerprint density at radius 2 is 1.05 bits per heavy atom. The third kappa shape index (κ3) is 5.83. The molecule has 2 aromatic rings. The molecule has 0 aliphatic heterocycles. The van der Waals surface area contributed by atoms with E-state index in [2.05, 4.69) is 0 Å². The Balaban J connectivity index is 1.79. The van der Waals surface area contributed by atoms with Gasteiger partial charge in [0, 0.05) is 44.4 Å². The average Bonchev–Trinajstić information content (AvgIpc) is 2.81. The van der Waals surface area contributed by atoms with Crippen LogP contribution in [0.5, 0.6) is 0 Å². The van der Waals surface area contributed by atoms with E-state index in [1.807, 2.05) is 0 Å². The van der Waals surface area contributed by atoms with Gasteiger partial charge in [0.2, 0.25) is 0 Å². The lowest BCUT2D eigenvalue weighted by Crippen LogP contribution is -2.37. The second-order valence-corrected chi connectivity index (χ2v) is 12.5. The summed E-state index contributed by atoms with van der Waals surface area (Å²) in [5.41, 5.74) is 0.270. The summed E-state index contributed by atoms with van der Waals surface area (Å²) in [6, 6.07) is 8.21. The minimum absolute atomic E-state index is 0.136. The number of thioether (sulfide) groups is 1. The molecular weight excluding hydrogens is 625 g/mol. The van der Waals surface area contributed by atoms with Crippen LogP contribution in [0.25, 0.3) is 0 Å². The summed E-state index contributed by atoms with van der Waals surface area (Å²) >= 11 is 40.6. The fraction of sp³-hybridized carbons (Fsp3) is 0.167. The molecule has 0 radical (unpaired) electrons. The van der Waals surface area contributed by atoms with Gasteiger partial charge >= 0.3 is 0 Å². The number of rotatable bonds is 6. The van der Waals surface area contributed by atoms with Crippen LogP contribution in [0.15, 0.2) is 82.9 Å². The Bertz CT molecular complexity index is 1320. The van der Waals surface area contributed by atoms with Gasteiger partial charge in [0.25, 0.3) is 11.4 Å². The smallest absolute Gasteiger partial charge is 0.258 e. The lowest BCUT2D eigenvalue weighted by molar-refractivity contribution is -0.385. The fourth-order valence-electron chi connectivity index (χ4n) is 4.04. The molecule has 4 rings (SSSR count). The Morgan fingerprint density at radius 3 is 1.41 bits per heavy atom. The van der Waals surface area contributed by atoms with Crippen molar-refractivity contribution in [1.82, 2.24) is 0 Å². The molecule has 192 valence electrons. The molecule has 0 aromatic heterocycles. The van der Waals surface area contributed by atoms with Crippen molar-refractivity contribution < 1.29 is 9.85 Å². The van der Waals surface area contributed by atoms with Gasteiger partial charge in [-0.25, -0.2) is 0 Å². The number of nitro groups is 2. The maximum atomic E-state index is 11.5. The highest BCUT2D eigenvalue weighted by Gasteiger charge is 2.46. The Morgan fingerprint density at radius 1 is 0.676 bits per heavy atom. The van der Waals surface area contributed by atoms with E-state index in [1.165, 1.54) is 48.2 Å². The Hall–Kier alpha value is -1.71. The van der Waals surface area contributed by atoms with Crippen LogP contribution in [0.2, 0.25) is 10.0 Å². The number of hydrogen-bond acceptors (Lipinski definition) is 5. The van der Waals surface area contributed by atoms with Crippen molar-refractivity contribution in [1.29, 1.82) is 0 Å². The number of benzene rings is 2. The predicted octanol–water partition coefficient (Wildman–Crippen LogP) is 9.23. The van der Waals surface area contributed by atoms with E-state index < -0.39 is 30.1 Å². The van der Waals surface area contributed by atoms with Crippen molar-refractivity contribution in [3.63, 3.8) is 0 Å². The van der Waals surface area contributed by atoms with Gasteiger partial charge in [-0.05, 0) is 47.6 Å². The van der Waals surface area contributed by atoms with Gasteiger partial charge < -0.3 is 0 Å². The predicted molar refractivity (Wildman–Crippen MR) is 153 cm³/mol. The van der Waals surface area contributed by atoms with Crippen molar-refractivity contribution in [3.8, 4) is 0 Å². The molecule has 4 atom stereocenters. The van der Waals surface area contributed by atoms with Gasteiger partial charge in [-0.3, -0.25) is 20.2 Å². The van der Waals surface area contributed by atoms with E-state index in [1.54, 1.807) is 36.5 Å². The van der Waals surface area contributed by atoms with Gasteiger partial charge in [0.05, 0.1) is 20.3 Å². The number of nitro benzene ring substituents is 2. The number of nitrogens with zero attached hydrogens (tertiary/aromatic N) is 2. The zero-order valence-corrected chi connectivity index (χ0v) is 23.6. The van der Waals surface area contributed by atoms with Crippen LogP contribution in [0.1, 0.15) is 11.1 Å². The first-order valence-corrected chi connectivity index (χ1v) is 13.6. The number of alkyl halides is 2. The molecule has 0 spiro atoms. The van der Waals surface area contributed by atoms with E-state index in [0.29, 0.717) is 21.2 Å². The molecule has 13 heteroatoms. The largest absolute Gasteiger partial charge is 0.271 e. The first kappa shape index (κ1) is 28.3. The highest BCUT2D eigenvalue weighted by atomic mass is 35.5. The summed E-state index contributed by atoms with van der Waals surface area (Å²) in [6.45, 7) is 0. The van der Waals surface area contributed by atoms with Gasteiger partial charge in [0.1, 0.15) is 9.75 Å². The van der Waals surface area contributed by atoms with E-state index in [-0.39, 0.29) is 21.4 Å². The summed E-state index contributed by atoms with van der Waals surface area (Å²) in [7, 11) is 0. The molecule has 0 amide bonds. The van der Waals surface area contributed by atoms with Crippen molar-refractivity contribution in [2.45, 2.75) is 20.2 Å². The maximum Gasteiger partial charge on any atom is 0.271 e. The summed E-state index contributed by atoms with van der Waals surface area (Å²) in [4.78, 5) is 19.1. The molecule has 0 saturated heterocycles. The minimum Gasteiger partial charge on any atom is -0.258 e. The molecule has 0 saturated carbocycles. The third-order valence-electron chi connectivity index (χ3n) is 5.75. The number of halogens is 6. The molecule has 0 bridgehead atoms. The lowest BCUT2D eigenvalue weighted by Gasteiger charge is -2.40. The van der Waals surface area contributed by atoms with Gasteiger partial charge in [-0.1, -0.05) is 58.6 Å². The summed E-state index contributed by atoms with van der Waals surface area (Å²) in [5.74, 6) is 0. The standard InChI is InChI=1S/C24H14Cl6N2O4S/c25-15-1-3-21(23(29,11-15)13-5-17(27)9-19(7-13)31(33)34)37-22-4-2-16(26)12-24(22,30)14-6-18(28)10-20(8-14)32(35)36/h1-12,21-22H. The summed E-state index contributed by atoms with van der Waals surface area (Å²) in [5, 5.41) is 22.8. The SMILES string of the molecule is O=[N+]([O-])c1cc(Cl)cc(C2(Cl)C=C(Cl)C=CC2SC2C=CC(Cl)=CC2(Cl)c2cc(Cl)cc([N+](=O)[O-])c2)c1. The van der Waals surface area contributed by atoms with Crippen LogP contribution in [0.4, 0.5) is 11.4 Å². The molecular formula is C24H14Cl6N2O4S. The second kappa shape index (κ2) is 10.8. The number of allylic oxidation sites excluding steroid dienone is 6. The van der Waals surface area contributed by atoms with Crippen LogP contribution in [-0.4, -0.2) is 20.3 Å². The molecule has 37 heavy (non-hydrogen) atoms. The van der Waals surface area contributed by atoms with Crippen LogP contribution in [0, 0.1) is 20.2 Å². The van der Waals surface area contributed by atoms with Crippen LogP contribution < -0.4 is 0 Å². The zero-order valence-electron chi connectivity index (χ0n) is 18.3. The molecule has 0 N–H and O–H groups in total. The molecule has 0 heterocycles. The van der Waals surface area contributed by atoms with Gasteiger partial charge in [-0.2, -0.15) is 0 Å². The van der Waals surface area contributed by atoms with E-state index in [4.69, 9.17) is 69.6 Å². The van der Waals surface area contributed by atoms with Crippen LogP contribution >= 0.6 is 81.4 Å². The van der Waals surface area contributed by atoms with E-state index in [9.17, 15) is 20.2 Å². The molecule has 2 aromatic carbocycles. The normalized spacial score (nSPS) is 27.0. The quantitative estimate of drug-likeness (QED) is 0.179. The van der Waals surface area contributed by atoms with Crippen molar-refractivity contribution in [3.05, 3.63) is 124 Å². The third-order valence-corrected chi connectivity index (χ3v) is 9.68. The van der Waals surface area contributed by atoms with Crippen molar-refractivity contribution in [2.75, 3.05) is 0 Å². The molecule has 2 aliphatic rings. The highest BCUT2D eigenvalue weighted by molar-refractivity contribution is 8.01. The van der Waals surface area contributed by atoms with Crippen molar-refractivity contribution in [2.24, 2.45) is 0 Å². The van der Waals surface area contributed by atoms with Gasteiger partial charge in [0.15, 0.2) is 0 Å². The monoisotopic (exact) mass is 636 g/mol.